The van der Waals surface area contributed by atoms with E-state index in [2.05, 4.69) is 44.7 Å². The van der Waals surface area contributed by atoms with Gasteiger partial charge in [-0.2, -0.15) is 0 Å². The number of methoxy groups -OCH3 is 1. The summed E-state index contributed by atoms with van der Waals surface area (Å²) in [7, 11) is 1.84. The standard InChI is InChI=1S/C24H39NO2/c1-6-22(18-10-13-21(27-5)14-11-18)23(7-2)19-12-15-24(26)20(16-19)17-25(8-3)9-4/h12,15-16,18,21,26H,6-11,13-14,17H2,1-5H3/b23-22+. The third-order valence-corrected chi connectivity index (χ3v) is 6.34. The molecule has 3 heteroatoms. The van der Waals surface area contributed by atoms with Crippen molar-refractivity contribution in [1.82, 2.24) is 4.90 Å². The number of benzene rings is 1. The quantitative estimate of drug-likeness (QED) is 0.575. The van der Waals surface area contributed by atoms with Crippen LogP contribution in [0.25, 0.3) is 5.57 Å². The fourth-order valence-electron chi connectivity index (χ4n) is 4.60. The van der Waals surface area contributed by atoms with E-state index in [-0.39, 0.29) is 0 Å². The molecule has 0 atom stereocenters. The van der Waals surface area contributed by atoms with Gasteiger partial charge in [-0.25, -0.2) is 0 Å². The van der Waals surface area contributed by atoms with Gasteiger partial charge in [0.2, 0.25) is 0 Å². The molecule has 0 heterocycles. The summed E-state index contributed by atoms with van der Waals surface area (Å²) in [6, 6.07) is 6.22. The van der Waals surface area contributed by atoms with Gasteiger partial charge in [0, 0.05) is 19.2 Å². The summed E-state index contributed by atoms with van der Waals surface area (Å²) >= 11 is 0. The van der Waals surface area contributed by atoms with Crippen LogP contribution in [-0.4, -0.2) is 36.3 Å². The Kier molecular flexibility index (Phi) is 8.85. The molecule has 0 amide bonds. The zero-order valence-electron chi connectivity index (χ0n) is 18.1. The van der Waals surface area contributed by atoms with Crippen molar-refractivity contribution in [2.45, 2.75) is 78.9 Å². The van der Waals surface area contributed by atoms with Crippen LogP contribution in [0.4, 0.5) is 0 Å². The maximum absolute atomic E-state index is 10.4. The summed E-state index contributed by atoms with van der Waals surface area (Å²) in [4.78, 5) is 2.35. The van der Waals surface area contributed by atoms with Gasteiger partial charge in [0.05, 0.1) is 6.10 Å². The predicted molar refractivity (Wildman–Crippen MR) is 115 cm³/mol. The monoisotopic (exact) mass is 373 g/mol. The Morgan fingerprint density at radius 2 is 1.70 bits per heavy atom. The summed E-state index contributed by atoms with van der Waals surface area (Å²) in [6.07, 6.45) is 7.40. The molecule has 1 aromatic rings. The van der Waals surface area contributed by atoms with Gasteiger partial charge in [-0.3, -0.25) is 4.90 Å². The highest BCUT2D eigenvalue weighted by Crippen LogP contribution is 2.38. The van der Waals surface area contributed by atoms with E-state index in [0.717, 1.165) is 38.0 Å². The van der Waals surface area contributed by atoms with Crippen molar-refractivity contribution in [3.8, 4) is 5.75 Å². The summed E-state index contributed by atoms with van der Waals surface area (Å²) < 4.78 is 5.56. The van der Waals surface area contributed by atoms with Gasteiger partial charge >= 0.3 is 0 Å². The lowest BCUT2D eigenvalue weighted by Gasteiger charge is -2.31. The van der Waals surface area contributed by atoms with Gasteiger partial charge in [0.25, 0.3) is 0 Å². The van der Waals surface area contributed by atoms with Crippen molar-refractivity contribution in [2.24, 2.45) is 5.92 Å². The third kappa shape index (κ3) is 5.58. The minimum Gasteiger partial charge on any atom is -0.508 e. The summed E-state index contributed by atoms with van der Waals surface area (Å²) in [5.74, 6) is 1.09. The highest BCUT2D eigenvalue weighted by molar-refractivity contribution is 5.70. The Hall–Kier alpha value is -1.32. The second-order valence-electron chi connectivity index (χ2n) is 7.73. The van der Waals surface area contributed by atoms with Crippen LogP contribution >= 0.6 is 0 Å². The van der Waals surface area contributed by atoms with Crippen LogP contribution in [0.3, 0.4) is 0 Å². The Labute approximate surface area is 166 Å². The van der Waals surface area contributed by atoms with Crippen molar-refractivity contribution in [3.63, 3.8) is 0 Å². The Balaban J connectivity index is 2.32. The Morgan fingerprint density at radius 3 is 2.22 bits per heavy atom. The van der Waals surface area contributed by atoms with Crippen LogP contribution in [0.5, 0.6) is 5.75 Å². The molecule has 1 aromatic carbocycles. The molecule has 2 rings (SSSR count). The third-order valence-electron chi connectivity index (χ3n) is 6.34. The first-order valence-electron chi connectivity index (χ1n) is 10.9. The van der Waals surface area contributed by atoms with Crippen molar-refractivity contribution >= 4 is 5.57 Å². The van der Waals surface area contributed by atoms with E-state index < -0.39 is 0 Å². The first kappa shape index (κ1) is 22.0. The minimum atomic E-state index is 0.416. The molecule has 0 unspecified atom stereocenters. The van der Waals surface area contributed by atoms with Crippen LogP contribution in [0, 0.1) is 5.92 Å². The number of hydrogen-bond donors (Lipinski definition) is 1. The van der Waals surface area contributed by atoms with E-state index in [1.165, 1.54) is 36.8 Å². The second-order valence-corrected chi connectivity index (χ2v) is 7.73. The van der Waals surface area contributed by atoms with Crippen LogP contribution in [0.2, 0.25) is 0 Å². The van der Waals surface area contributed by atoms with Gasteiger partial charge in [-0.1, -0.05) is 39.3 Å². The van der Waals surface area contributed by atoms with Gasteiger partial charge in [-0.15, -0.1) is 0 Å². The van der Waals surface area contributed by atoms with Gasteiger partial charge in [0.15, 0.2) is 0 Å². The molecule has 0 saturated heterocycles. The van der Waals surface area contributed by atoms with E-state index in [4.69, 9.17) is 4.74 Å². The van der Waals surface area contributed by atoms with Gasteiger partial charge in [0.1, 0.15) is 5.75 Å². The number of hydrogen-bond acceptors (Lipinski definition) is 3. The average molecular weight is 374 g/mol. The number of phenols is 1. The smallest absolute Gasteiger partial charge is 0.120 e. The lowest BCUT2D eigenvalue weighted by atomic mass is 9.78. The molecule has 27 heavy (non-hydrogen) atoms. The molecule has 1 aliphatic rings. The average Bonchev–Trinajstić information content (AvgIpc) is 2.71. The van der Waals surface area contributed by atoms with Crippen LogP contribution < -0.4 is 0 Å². The largest absolute Gasteiger partial charge is 0.508 e. The minimum absolute atomic E-state index is 0.416. The molecular formula is C24H39NO2. The van der Waals surface area contributed by atoms with E-state index in [0.29, 0.717) is 17.8 Å². The van der Waals surface area contributed by atoms with Crippen LogP contribution in [0.1, 0.15) is 77.3 Å². The number of ether oxygens (including phenoxy) is 1. The Morgan fingerprint density at radius 1 is 1.04 bits per heavy atom. The zero-order chi connectivity index (χ0) is 19.8. The van der Waals surface area contributed by atoms with Gasteiger partial charge < -0.3 is 9.84 Å². The highest BCUT2D eigenvalue weighted by atomic mass is 16.5. The van der Waals surface area contributed by atoms with Crippen LogP contribution in [0.15, 0.2) is 23.8 Å². The molecule has 0 radical (unpaired) electrons. The molecule has 1 fully saturated rings. The number of nitrogens with zero attached hydrogens (tertiary/aromatic N) is 1. The molecule has 0 bridgehead atoms. The van der Waals surface area contributed by atoms with Crippen molar-refractivity contribution < 1.29 is 9.84 Å². The van der Waals surface area contributed by atoms with Gasteiger partial charge in [-0.05, 0) is 80.8 Å². The summed E-state index contributed by atoms with van der Waals surface area (Å²) in [6.45, 7) is 11.7. The topological polar surface area (TPSA) is 32.7 Å². The first-order chi connectivity index (χ1) is 13.1. The van der Waals surface area contributed by atoms with Crippen LogP contribution in [-0.2, 0) is 11.3 Å². The summed E-state index contributed by atoms with van der Waals surface area (Å²) in [5, 5.41) is 10.4. The molecular weight excluding hydrogens is 334 g/mol. The normalized spacial score (nSPS) is 21.4. The Bertz CT molecular complexity index is 611. The maximum Gasteiger partial charge on any atom is 0.120 e. The van der Waals surface area contributed by atoms with E-state index in [1.54, 1.807) is 5.57 Å². The fraction of sp³-hybridized carbons (Fsp3) is 0.667. The zero-order valence-corrected chi connectivity index (χ0v) is 18.1. The number of rotatable bonds is 9. The molecule has 1 aliphatic carbocycles. The summed E-state index contributed by atoms with van der Waals surface area (Å²) in [5.41, 5.74) is 5.44. The molecule has 0 aliphatic heterocycles. The lowest BCUT2D eigenvalue weighted by Crippen LogP contribution is -2.22. The number of phenolic OH excluding ortho intramolecular Hbond substituents is 1. The lowest BCUT2D eigenvalue weighted by molar-refractivity contribution is 0.0611. The number of allylic oxidation sites excluding steroid dienone is 2. The fourth-order valence-corrected chi connectivity index (χ4v) is 4.60. The number of aromatic hydroxyl groups is 1. The maximum atomic E-state index is 10.4. The predicted octanol–water partition coefficient (Wildman–Crippen LogP) is 6.01. The van der Waals surface area contributed by atoms with E-state index in [9.17, 15) is 5.11 Å². The first-order valence-corrected chi connectivity index (χ1v) is 10.9. The van der Waals surface area contributed by atoms with Crippen molar-refractivity contribution in [3.05, 3.63) is 34.9 Å². The molecule has 1 saturated carbocycles. The second kappa shape index (κ2) is 10.9. The molecule has 0 aromatic heterocycles. The molecule has 0 spiro atoms. The van der Waals surface area contributed by atoms with Crippen molar-refractivity contribution in [1.29, 1.82) is 0 Å². The van der Waals surface area contributed by atoms with Crippen molar-refractivity contribution in [2.75, 3.05) is 20.2 Å². The molecule has 1 N–H and O–H groups in total. The highest BCUT2D eigenvalue weighted by Gasteiger charge is 2.25. The molecule has 152 valence electrons. The van der Waals surface area contributed by atoms with E-state index >= 15 is 0 Å². The SMILES string of the molecule is CC/C(=C(/CC)C1CCC(OC)CC1)c1ccc(O)c(CN(CC)CC)c1. The molecule has 3 nitrogen and oxygen atoms in total. The van der Waals surface area contributed by atoms with E-state index in [1.807, 2.05) is 13.2 Å².